The van der Waals surface area contributed by atoms with Gasteiger partial charge in [-0.15, -0.1) is 11.8 Å². The normalized spacial score (nSPS) is 10.2. The molecular formula is C10H14OS. The van der Waals surface area contributed by atoms with Crippen LogP contribution >= 0.6 is 11.8 Å². The number of hydrogen-bond acceptors (Lipinski definition) is 2. The fourth-order valence-corrected chi connectivity index (χ4v) is 1.53. The van der Waals surface area contributed by atoms with Crippen molar-refractivity contribution in [3.8, 4) is 0 Å². The molecule has 1 aromatic rings. The van der Waals surface area contributed by atoms with Crippen molar-refractivity contribution in [3.05, 3.63) is 29.8 Å². The van der Waals surface area contributed by atoms with Gasteiger partial charge in [-0.25, -0.2) is 0 Å². The number of rotatable bonds is 4. The van der Waals surface area contributed by atoms with Crippen LogP contribution in [0.2, 0.25) is 0 Å². The molecular weight excluding hydrogens is 168 g/mol. The molecule has 0 radical (unpaired) electrons. The van der Waals surface area contributed by atoms with E-state index in [1.54, 1.807) is 18.9 Å². The van der Waals surface area contributed by atoms with E-state index in [1.165, 1.54) is 10.5 Å². The van der Waals surface area contributed by atoms with Gasteiger partial charge in [-0.2, -0.15) is 0 Å². The van der Waals surface area contributed by atoms with E-state index in [1.807, 2.05) is 0 Å². The van der Waals surface area contributed by atoms with Crippen molar-refractivity contribution >= 4 is 11.8 Å². The van der Waals surface area contributed by atoms with E-state index in [0.29, 0.717) is 0 Å². The fourth-order valence-electron chi connectivity index (χ4n) is 1.05. The summed E-state index contributed by atoms with van der Waals surface area (Å²) < 4.78 is 5.01. The van der Waals surface area contributed by atoms with E-state index in [4.69, 9.17) is 4.74 Å². The molecule has 2 heteroatoms. The Morgan fingerprint density at radius 1 is 1.42 bits per heavy atom. The van der Waals surface area contributed by atoms with Gasteiger partial charge in [0, 0.05) is 12.0 Å². The van der Waals surface area contributed by atoms with Crippen LogP contribution in [-0.4, -0.2) is 20.0 Å². The Balaban J connectivity index is 2.60. The van der Waals surface area contributed by atoms with Gasteiger partial charge in [0.25, 0.3) is 0 Å². The average Bonchev–Trinajstić information content (AvgIpc) is 2.15. The minimum absolute atomic E-state index is 0.803. The first-order chi connectivity index (χ1) is 5.86. The standard InChI is InChI=1S/C10H14OS/c1-11-7-6-9-4-3-5-10(8-9)12-2/h3-5,8H,6-7H2,1-2H3. The molecule has 0 aliphatic heterocycles. The smallest absolute Gasteiger partial charge is 0.0502 e. The Labute approximate surface area is 78.1 Å². The van der Waals surface area contributed by atoms with Crippen LogP contribution in [0, 0.1) is 0 Å². The quantitative estimate of drug-likeness (QED) is 0.662. The molecule has 0 atom stereocenters. The van der Waals surface area contributed by atoms with E-state index in [2.05, 4.69) is 30.5 Å². The van der Waals surface area contributed by atoms with E-state index in [-0.39, 0.29) is 0 Å². The molecule has 0 aliphatic rings. The average molecular weight is 182 g/mol. The van der Waals surface area contributed by atoms with E-state index in [9.17, 15) is 0 Å². The molecule has 0 bridgehead atoms. The molecule has 12 heavy (non-hydrogen) atoms. The van der Waals surface area contributed by atoms with Crippen molar-refractivity contribution in [1.82, 2.24) is 0 Å². The molecule has 0 unspecified atom stereocenters. The summed E-state index contributed by atoms with van der Waals surface area (Å²) in [6.07, 6.45) is 3.10. The monoisotopic (exact) mass is 182 g/mol. The predicted molar refractivity (Wildman–Crippen MR) is 53.8 cm³/mol. The maximum absolute atomic E-state index is 5.01. The lowest BCUT2D eigenvalue weighted by Crippen LogP contribution is -1.93. The Bertz CT molecular complexity index is 235. The van der Waals surface area contributed by atoms with Crippen molar-refractivity contribution in [2.75, 3.05) is 20.0 Å². The molecule has 0 fully saturated rings. The van der Waals surface area contributed by atoms with Crippen molar-refractivity contribution in [2.45, 2.75) is 11.3 Å². The molecule has 0 aliphatic carbocycles. The second-order valence-corrected chi connectivity index (χ2v) is 3.47. The summed E-state index contributed by atoms with van der Waals surface area (Å²) >= 11 is 1.78. The first-order valence-electron chi connectivity index (χ1n) is 3.98. The Kier molecular flexibility index (Phi) is 4.19. The minimum atomic E-state index is 0.803. The van der Waals surface area contributed by atoms with Gasteiger partial charge in [0.15, 0.2) is 0 Å². The topological polar surface area (TPSA) is 9.23 Å². The largest absolute Gasteiger partial charge is 0.384 e. The highest BCUT2D eigenvalue weighted by Crippen LogP contribution is 2.15. The second kappa shape index (κ2) is 5.22. The first-order valence-corrected chi connectivity index (χ1v) is 5.21. The van der Waals surface area contributed by atoms with Crippen molar-refractivity contribution in [3.63, 3.8) is 0 Å². The van der Waals surface area contributed by atoms with Crippen molar-refractivity contribution < 1.29 is 4.74 Å². The molecule has 1 rings (SSSR count). The van der Waals surface area contributed by atoms with E-state index < -0.39 is 0 Å². The summed E-state index contributed by atoms with van der Waals surface area (Å²) in [5.41, 5.74) is 1.35. The van der Waals surface area contributed by atoms with Crippen LogP contribution < -0.4 is 0 Å². The Morgan fingerprint density at radius 2 is 2.25 bits per heavy atom. The highest BCUT2D eigenvalue weighted by atomic mass is 32.2. The summed E-state index contributed by atoms with van der Waals surface area (Å²) in [6, 6.07) is 8.57. The van der Waals surface area contributed by atoms with Crippen LogP contribution in [0.3, 0.4) is 0 Å². The SMILES string of the molecule is COCCc1cccc(SC)c1. The maximum Gasteiger partial charge on any atom is 0.0502 e. The third-order valence-corrected chi connectivity index (χ3v) is 2.45. The van der Waals surface area contributed by atoms with E-state index in [0.717, 1.165) is 13.0 Å². The summed E-state index contributed by atoms with van der Waals surface area (Å²) in [4.78, 5) is 1.32. The van der Waals surface area contributed by atoms with Gasteiger partial charge in [0.05, 0.1) is 6.61 Å². The first kappa shape index (κ1) is 9.62. The minimum Gasteiger partial charge on any atom is -0.384 e. The van der Waals surface area contributed by atoms with Gasteiger partial charge < -0.3 is 4.74 Å². The third kappa shape index (κ3) is 2.88. The molecule has 0 aromatic heterocycles. The van der Waals surface area contributed by atoms with Gasteiger partial charge in [0.1, 0.15) is 0 Å². The molecule has 0 spiro atoms. The zero-order chi connectivity index (χ0) is 8.81. The number of thioether (sulfide) groups is 1. The van der Waals surface area contributed by atoms with Crippen LogP contribution in [0.5, 0.6) is 0 Å². The molecule has 0 saturated carbocycles. The summed E-state index contributed by atoms with van der Waals surface area (Å²) in [7, 11) is 1.73. The molecule has 0 heterocycles. The van der Waals surface area contributed by atoms with Gasteiger partial charge in [-0.05, 0) is 30.4 Å². The zero-order valence-electron chi connectivity index (χ0n) is 7.54. The lowest BCUT2D eigenvalue weighted by atomic mass is 10.2. The number of ether oxygens (including phenoxy) is 1. The zero-order valence-corrected chi connectivity index (χ0v) is 8.36. The van der Waals surface area contributed by atoms with Gasteiger partial charge in [-0.3, -0.25) is 0 Å². The lowest BCUT2D eigenvalue weighted by Gasteiger charge is -2.01. The van der Waals surface area contributed by atoms with Crippen molar-refractivity contribution in [2.24, 2.45) is 0 Å². The second-order valence-electron chi connectivity index (χ2n) is 2.59. The number of methoxy groups -OCH3 is 1. The van der Waals surface area contributed by atoms with Crippen LogP contribution in [-0.2, 0) is 11.2 Å². The summed E-state index contributed by atoms with van der Waals surface area (Å²) in [5.74, 6) is 0. The highest BCUT2D eigenvalue weighted by Gasteiger charge is 1.93. The van der Waals surface area contributed by atoms with Gasteiger partial charge in [-0.1, -0.05) is 12.1 Å². The Morgan fingerprint density at radius 3 is 2.92 bits per heavy atom. The molecule has 66 valence electrons. The van der Waals surface area contributed by atoms with E-state index >= 15 is 0 Å². The molecule has 1 nitrogen and oxygen atoms in total. The summed E-state index contributed by atoms with van der Waals surface area (Å²) in [6.45, 7) is 0.803. The molecule has 1 aromatic carbocycles. The molecule has 0 amide bonds. The van der Waals surface area contributed by atoms with Crippen LogP contribution in [0.4, 0.5) is 0 Å². The number of benzene rings is 1. The lowest BCUT2D eigenvalue weighted by molar-refractivity contribution is 0.202. The fraction of sp³-hybridized carbons (Fsp3) is 0.400. The maximum atomic E-state index is 5.01. The molecule has 0 N–H and O–H groups in total. The van der Waals surface area contributed by atoms with Crippen LogP contribution in [0.25, 0.3) is 0 Å². The predicted octanol–water partition coefficient (Wildman–Crippen LogP) is 2.60. The van der Waals surface area contributed by atoms with Crippen LogP contribution in [0.1, 0.15) is 5.56 Å². The third-order valence-electron chi connectivity index (χ3n) is 1.73. The number of hydrogen-bond donors (Lipinski definition) is 0. The van der Waals surface area contributed by atoms with Gasteiger partial charge in [0.2, 0.25) is 0 Å². The highest BCUT2D eigenvalue weighted by molar-refractivity contribution is 7.98. The van der Waals surface area contributed by atoms with Crippen molar-refractivity contribution in [1.29, 1.82) is 0 Å². The summed E-state index contributed by atoms with van der Waals surface area (Å²) in [5, 5.41) is 0. The van der Waals surface area contributed by atoms with Gasteiger partial charge >= 0.3 is 0 Å². The van der Waals surface area contributed by atoms with Crippen LogP contribution in [0.15, 0.2) is 29.2 Å². The molecule has 0 saturated heterocycles. The Hall–Kier alpha value is -0.470.